The molecule has 1 aromatic rings. The molecular weight excluding hydrogens is 266 g/mol. The van der Waals surface area contributed by atoms with Crippen molar-refractivity contribution >= 4 is 10.0 Å². The Morgan fingerprint density at radius 1 is 1.42 bits per heavy atom. The van der Waals surface area contributed by atoms with Crippen LogP contribution in [0, 0.1) is 0 Å². The number of nitrogens with two attached hydrogens (primary N) is 1. The van der Waals surface area contributed by atoms with E-state index < -0.39 is 17.1 Å². The fourth-order valence-electron chi connectivity index (χ4n) is 2.30. The quantitative estimate of drug-likeness (QED) is 0.912. The van der Waals surface area contributed by atoms with E-state index in [1.807, 2.05) is 6.92 Å². The Morgan fingerprint density at radius 3 is 2.68 bits per heavy atom. The van der Waals surface area contributed by atoms with Crippen molar-refractivity contribution in [3.63, 3.8) is 0 Å². The van der Waals surface area contributed by atoms with Gasteiger partial charge in [-0.1, -0.05) is 13.0 Å². The minimum atomic E-state index is -4.10. The highest BCUT2D eigenvalue weighted by Crippen LogP contribution is 2.37. The molecule has 1 aliphatic rings. The van der Waals surface area contributed by atoms with Gasteiger partial charge in [0.05, 0.1) is 11.2 Å². The largest absolute Gasteiger partial charge is 0.495 e. The van der Waals surface area contributed by atoms with Crippen molar-refractivity contribution in [1.82, 2.24) is 0 Å². The Morgan fingerprint density at radius 2 is 2.11 bits per heavy atom. The maximum absolute atomic E-state index is 11.8. The average Bonchev–Trinajstić information content (AvgIpc) is 2.36. The molecule has 2 N–H and O–H groups in total. The summed E-state index contributed by atoms with van der Waals surface area (Å²) in [6.07, 6.45) is 1.49. The zero-order valence-corrected chi connectivity index (χ0v) is 11.5. The van der Waals surface area contributed by atoms with E-state index in [4.69, 9.17) is 18.7 Å². The lowest BCUT2D eigenvalue weighted by Crippen LogP contribution is -2.31. The molecule has 106 valence electrons. The maximum Gasteiger partial charge on any atom is 0.241 e. The highest BCUT2D eigenvalue weighted by Gasteiger charge is 2.31. The van der Waals surface area contributed by atoms with E-state index in [-0.39, 0.29) is 16.1 Å². The van der Waals surface area contributed by atoms with Gasteiger partial charge in [-0.3, -0.25) is 0 Å². The van der Waals surface area contributed by atoms with E-state index in [2.05, 4.69) is 0 Å². The van der Waals surface area contributed by atoms with Gasteiger partial charge in [0.2, 0.25) is 10.0 Å². The number of ether oxygens (including phenoxy) is 2. The lowest BCUT2D eigenvalue weighted by atomic mass is 9.76. The number of primary sulfonamides is 1. The van der Waals surface area contributed by atoms with Crippen molar-refractivity contribution in [2.24, 2.45) is 5.14 Å². The van der Waals surface area contributed by atoms with E-state index in [1.54, 1.807) is 6.07 Å². The second-order valence-electron chi connectivity index (χ2n) is 4.98. The molecule has 5 nitrogen and oxygen atoms in total. The molecule has 1 heterocycles. The van der Waals surface area contributed by atoms with Crippen molar-refractivity contribution in [1.29, 1.82) is 0 Å². The summed E-state index contributed by atoms with van der Waals surface area (Å²) < 4.78 is 55.0. The molecule has 0 amide bonds. The third-order valence-corrected chi connectivity index (χ3v) is 4.59. The lowest BCUT2D eigenvalue weighted by Gasteiger charge is -2.34. The number of methoxy groups -OCH3 is 1. The molecule has 1 aromatic carbocycles. The Bertz CT molecular complexity index is 652. The first-order valence-electron chi connectivity index (χ1n) is 7.45. The second-order valence-corrected chi connectivity index (χ2v) is 6.51. The minimum Gasteiger partial charge on any atom is -0.495 e. The van der Waals surface area contributed by atoms with Crippen molar-refractivity contribution in [3.05, 3.63) is 23.8 Å². The highest BCUT2D eigenvalue weighted by atomic mass is 32.2. The molecule has 0 saturated carbocycles. The van der Waals surface area contributed by atoms with Crippen LogP contribution in [0.4, 0.5) is 0 Å². The first-order chi connectivity index (χ1) is 10.0. The van der Waals surface area contributed by atoms with Gasteiger partial charge in [-0.05, 0) is 36.0 Å². The predicted molar refractivity (Wildman–Crippen MR) is 71.8 cm³/mol. The van der Waals surface area contributed by atoms with Crippen LogP contribution in [0.5, 0.6) is 5.75 Å². The monoisotopic (exact) mass is 288 g/mol. The highest BCUT2D eigenvalue weighted by molar-refractivity contribution is 7.89. The van der Waals surface area contributed by atoms with Crippen LogP contribution in [-0.2, 0) is 20.2 Å². The smallest absolute Gasteiger partial charge is 0.241 e. The SMILES string of the molecule is [2H]C([2H])([2H])Oc1ccc(C2(C)CCOCC2)cc1S(N)(=O)=O. The fraction of sp³-hybridized carbons (Fsp3) is 0.538. The minimum absolute atomic E-state index is 0.240. The van der Waals surface area contributed by atoms with Crippen LogP contribution in [0.2, 0.25) is 0 Å². The molecule has 0 aliphatic carbocycles. The third kappa shape index (κ3) is 2.91. The van der Waals surface area contributed by atoms with E-state index in [1.165, 1.54) is 12.1 Å². The molecule has 1 saturated heterocycles. The summed E-state index contributed by atoms with van der Waals surface area (Å²) in [5.41, 5.74) is 0.536. The molecule has 0 atom stereocenters. The Hall–Kier alpha value is -1.11. The number of hydrogen-bond donors (Lipinski definition) is 1. The fourth-order valence-corrected chi connectivity index (χ4v) is 2.98. The molecule has 0 aromatic heterocycles. The van der Waals surface area contributed by atoms with Gasteiger partial charge in [0.1, 0.15) is 10.6 Å². The van der Waals surface area contributed by atoms with Crippen LogP contribution >= 0.6 is 0 Å². The van der Waals surface area contributed by atoms with Crippen molar-refractivity contribution in [3.8, 4) is 5.75 Å². The summed E-state index contributed by atoms with van der Waals surface area (Å²) in [7, 11) is -6.85. The normalized spacial score (nSPS) is 22.1. The van der Waals surface area contributed by atoms with Crippen LogP contribution in [-0.4, -0.2) is 28.7 Å². The first kappa shape index (κ1) is 10.7. The van der Waals surface area contributed by atoms with Crippen molar-refractivity contribution in [2.75, 3.05) is 20.3 Å². The van der Waals surface area contributed by atoms with Crippen LogP contribution in [0.15, 0.2) is 23.1 Å². The predicted octanol–water partition coefficient (Wildman–Crippen LogP) is 1.41. The molecule has 0 spiro atoms. The van der Waals surface area contributed by atoms with E-state index in [9.17, 15) is 8.42 Å². The molecule has 6 heteroatoms. The molecule has 2 rings (SSSR count). The van der Waals surface area contributed by atoms with Gasteiger partial charge >= 0.3 is 0 Å². The van der Waals surface area contributed by atoms with Gasteiger partial charge in [0.15, 0.2) is 0 Å². The van der Waals surface area contributed by atoms with Gasteiger partial charge < -0.3 is 9.47 Å². The lowest BCUT2D eigenvalue weighted by molar-refractivity contribution is 0.0563. The van der Waals surface area contributed by atoms with E-state index >= 15 is 0 Å². The zero-order chi connectivity index (χ0) is 16.6. The third-order valence-electron chi connectivity index (χ3n) is 3.65. The summed E-state index contributed by atoms with van der Waals surface area (Å²) in [4.78, 5) is -0.311. The van der Waals surface area contributed by atoms with Crippen molar-refractivity contribution < 1.29 is 22.0 Å². The molecular formula is C13H19NO4S. The summed E-state index contributed by atoms with van der Waals surface area (Å²) in [5, 5.41) is 5.20. The summed E-state index contributed by atoms with van der Waals surface area (Å²) in [5.74, 6) is -0.262. The average molecular weight is 288 g/mol. The first-order valence-corrected chi connectivity index (χ1v) is 7.50. The summed E-state index contributed by atoms with van der Waals surface area (Å²) in [6, 6.07) is 4.44. The Balaban J connectivity index is 2.48. The van der Waals surface area contributed by atoms with Crippen molar-refractivity contribution in [2.45, 2.75) is 30.1 Å². The van der Waals surface area contributed by atoms with Crippen LogP contribution < -0.4 is 9.88 Å². The molecule has 1 fully saturated rings. The van der Waals surface area contributed by atoms with Gasteiger partial charge in [-0.25, -0.2) is 13.6 Å². The van der Waals surface area contributed by atoms with Gasteiger partial charge in [0, 0.05) is 13.2 Å². The van der Waals surface area contributed by atoms with E-state index in [0.29, 0.717) is 13.2 Å². The Kier molecular flexibility index (Phi) is 2.86. The number of benzene rings is 1. The van der Waals surface area contributed by atoms with Crippen LogP contribution in [0.3, 0.4) is 0 Å². The van der Waals surface area contributed by atoms with Crippen LogP contribution in [0.1, 0.15) is 29.4 Å². The molecule has 0 bridgehead atoms. The van der Waals surface area contributed by atoms with Gasteiger partial charge in [-0.15, -0.1) is 0 Å². The Labute approximate surface area is 118 Å². The van der Waals surface area contributed by atoms with Gasteiger partial charge in [0.25, 0.3) is 0 Å². The zero-order valence-electron chi connectivity index (χ0n) is 13.7. The van der Waals surface area contributed by atoms with Gasteiger partial charge in [-0.2, -0.15) is 0 Å². The van der Waals surface area contributed by atoms with E-state index in [0.717, 1.165) is 18.4 Å². The standard InChI is InChI=1S/C13H19NO4S/c1-13(5-7-18-8-6-13)10-3-4-11(17-2)12(9-10)19(14,15)16/h3-4,9H,5-8H2,1-2H3,(H2,14,15,16)/i2D3. The number of hydrogen-bond acceptors (Lipinski definition) is 4. The summed E-state index contributed by atoms with van der Waals surface area (Å²) >= 11 is 0. The number of rotatable bonds is 3. The number of sulfonamides is 1. The molecule has 19 heavy (non-hydrogen) atoms. The molecule has 1 aliphatic heterocycles. The molecule has 0 unspecified atom stereocenters. The topological polar surface area (TPSA) is 78.6 Å². The second kappa shape index (κ2) is 5.11. The van der Waals surface area contributed by atoms with Crippen LogP contribution in [0.25, 0.3) is 0 Å². The molecule has 0 radical (unpaired) electrons. The summed E-state index contributed by atoms with van der Waals surface area (Å²) in [6.45, 7) is 3.20. The maximum atomic E-state index is 11.8.